The van der Waals surface area contributed by atoms with Crippen LogP contribution >= 0.6 is 0 Å². The quantitative estimate of drug-likeness (QED) is 0.784. The Hall–Kier alpha value is -1.51. The van der Waals surface area contributed by atoms with Gasteiger partial charge in [-0.25, -0.2) is 4.79 Å². The van der Waals surface area contributed by atoms with E-state index in [0.717, 1.165) is 18.4 Å². The van der Waals surface area contributed by atoms with Crippen LogP contribution in [-0.4, -0.2) is 17.7 Å². The second-order valence-corrected chi connectivity index (χ2v) is 7.24. The summed E-state index contributed by atoms with van der Waals surface area (Å²) in [5.74, 6) is 0.893. The average Bonchev–Trinajstić information content (AvgIpc) is 2.23. The van der Waals surface area contributed by atoms with E-state index < -0.39 is 5.60 Å². The van der Waals surface area contributed by atoms with Crippen LogP contribution in [0.3, 0.4) is 0 Å². The third kappa shape index (κ3) is 4.23. The van der Waals surface area contributed by atoms with Gasteiger partial charge in [0.1, 0.15) is 5.60 Å². The number of nitrogens with one attached hydrogen (secondary N) is 1. The largest absolute Gasteiger partial charge is 0.444 e. The molecule has 0 aromatic heterocycles. The molecule has 2 aliphatic rings. The van der Waals surface area contributed by atoms with Crippen LogP contribution in [0.15, 0.2) is 36.0 Å². The minimum atomic E-state index is -0.462. The van der Waals surface area contributed by atoms with Gasteiger partial charge in [0.25, 0.3) is 0 Å². The van der Waals surface area contributed by atoms with Crippen LogP contribution in [-0.2, 0) is 4.74 Å². The first-order chi connectivity index (χ1) is 9.76. The first-order valence-corrected chi connectivity index (χ1v) is 7.79. The Morgan fingerprint density at radius 3 is 2.52 bits per heavy atom. The third-order valence-corrected chi connectivity index (χ3v) is 4.23. The molecule has 1 saturated carbocycles. The number of hydrogen-bond donors (Lipinski definition) is 1. The second-order valence-electron chi connectivity index (χ2n) is 7.24. The molecule has 0 heterocycles. The molecule has 2 rings (SSSR count). The second kappa shape index (κ2) is 6.08. The summed E-state index contributed by atoms with van der Waals surface area (Å²) in [4.78, 5) is 12.1. The Morgan fingerprint density at radius 2 is 2.05 bits per heavy atom. The zero-order chi connectivity index (χ0) is 15.6. The molecule has 0 saturated heterocycles. The fourth-order valence-electron chi connectivity index (χ4n) is 3.16. The summed E-state index contributed by atoms with van der Waals surface area (Å²) in [7, 11) is 0. The molecule has 1 amide bonds. The summed E-state index contributed by atoms with van der Waals surface area (Å²) in [6, 6.07) is 0.117. The number of allylic oxidation sites excluding steroid dienone is 4. The molecule has 3 heteroatoms. The maximum Gasteiger partial charge on any atom is 0.407 e. The minimum Gasteiger partial charge on any atom is -0.444 e. The average molecular weight is 289 g/mol. The van der Waals surface area contributed by atoms with Crippen LogP contribution in [0.25, 0.3) is 0 Å². The molecule has 1 fully saturated rings. The number of rotatable bonds is 3. The fraction of sp³-hybridized carbons (Fsp3) is 0.611. The standard InChI is InChI=1S/C18H27NO2/c1-12(2)15-10-9-14(13-7-6-8-13)11-16(15)19-17(20)21-18(3,4)5/h6-8,14-16H,1,9-11H2,2-5H3,(H,19,20). The molecule has 3 unspecified atom stereocenters. The number of carbonyl (C=O) groups is 1. The Morgan fingerprint density at radius 1 is 1.38 bits per heavy atom. The summed E-state index contributed by atoms with van der Waals surface area (Å²) in [5, 5.41) is 3.07. The van der Waals surface area contributed by atoms with Gasteiger partial charge in [-0.2, -0.15) is 0 Å². The van der Waals surface area contributed by atoms with Gasteiger partial charge >= 0.3 is 6.09 Å². The number of carbonyl (C=O) groups excluding carboxylic acids is 1. The molecular weight excluding hydrogens is 262 g/mol. The highest BCUT2D eigenvalue weighted by Gasteiger charge is 2.34. The lowest BCUT2D eigenvalue weighted by Crippen LogP contribution is -2.46. The van der Waals surface area contributed by atoms with Crippen LogP contribution in [0.4, 0.5) is 4.79 Å². The summed E-state index contributed by atoms with van der Waals surface area (Å²) in [6.45, 7) is 11.8. The van der Waals surface area contributed by atoms with Gasteiger partial charge in [0.2, 0.25) is 0 Å². The van der Waals surface area contributed by atoms with Crippen molar-refractivity contribution >= 4 is 6.09 Å². The summed E-state index contributed by atoms with van der Waals surface area (Å²) < 4.78 is 5.40. The lowest BCUT2D eigenvalue weighted by Gasteiger charge is -2.38. The van der Waals surface area contributed by atoms with Crippen LogP contribution < -0.4 is 5.32 Å². The first-order valence-electron chi connectivity index (χ1n) is 7.79. The number of hydrogen-bond acceptors (Lipinski definition) is 2. The van der Waals surface area contributed by atoms with Gasteiger partial charge in [-0.05, 0) is 64.4 Å². The normalized spacial score (nSPS) is 28.4. The van der Waals surface area contributed by atoms with Crippen molar-refractivity contribution in [3.8, 4) is 0 Å². The topological polar surface area (TPSA) is 38.3 Å². The van der Waals surface area contributed by atoms with Crippen molar-refractivity contribution in [2.24, 2.45) is 11.8 Å². The van der Waals surface area contributed by atoms with Crippen molar-refractivity contribution in [1.82, 2.24) is 5.32 Å². The van der Waals surface area contributed by atoms with Crippen LogP contribution in [0.1, 0.15) is 47.0 Å². The first kappa shape index (κ1) is 15.9. The Labute approximate surface area is 128 Å². The van der Waals surface area contributed by atoms with Crippen LogP contribution in [0, 0.1) is 11.8 Å². The van der Waals surface area contributed by atoms with E-state index >= 15 is 0 Å². The molecule has 0 bridgehead atoms. The van der Waals surface area contributed by atoms with Gasteiger partial charge in [0, 0.05) is 6.04 Å². The molecule has 21 heavy (non-hydrogen) atoms. The molecule has 0 aliphatic heterocycles. The van der Waals surface area contributed by atoms with Gasteiger partial charge in [0.15, 0.2) is 0 Å². The maximum atomic E-state index is 12.1. The predicted molar refractivity (Wildman–Crippen MR) is 86.0 cm³/mol. The molecule has 3 nitrogen and oxygen atoms in total. The van der Waals surface area contributed by atoms with Crippen LogP contribution in [0.5, 0.6) is 0 Å². The van der Waals surface area contributed by atoms with Crippen molar-refractivity contribution in [3.05, 3.63) is 36.0 Å². The zero-order valence-electron chi connectivity index (χ0n) is 13.6. The maximum absolute atomic E-state index is 12.1. The van der Waals surface area contributed by atoms with Gasteiger partial charge in [0.05, 0.1) is 0 Å². The Balaban J connectivity index is 2.00. The van der Waals surface area contributed by atoms with Gasteiger partial charge in [-0.15, -0.1) is 0 Å². The minimum absolute atomic E-state index is 0.117. The lowest BCUT2D eigenvalue weighted by atomic mass is 9.72. The van der Waals surface area contributed by atoms with Gasteiger partial charge in [-0.3, -0.25) is 0 Å². The highest BCUT2D eigenvalue weighted by atomic mass is 16.6. The molecule has 0 radical (unpaired) electrons. The van der Waals surface area contributed by atoms with E-state index in [0.29, 0.717) is 11.8 Å². The van der Waals surface area contributed by atoms with Crippen molar-refractivity contribution in [3.63, 3.8) is 0 Å². The Bertz CT molecular complexity index is 482. The van der Waals surface area contributed by atoms with E-state index in [-0.39, 0.29) is 12.1 Å². The predicted octanol–water partition coefficient (Wildman–Crippen LogP) is 4.37. The van der Waals surface area contributed by atoms with E-state index in [4.69, 9.17) is 4.74 Å². The molecule has 0 aromatic carbocycles. The van der Waals surface area contributed by atoms with Crippen LogP contribution in [0.2, 0.25) is 0 Å². The molecule has 0 spiro atoms. The fourth-order valence-corrected chi connectivity index (χ4v) is 3.16. The van der Waals surface area contributed by atoms with Crippen molar-refractivity contribution in [2.75, 3.05) is 0 Å². The SMILES string of the molecule is C=C(C)C1CCC(C2=CC=C2)CC1NC(=O)OC(C)(C)C. The lowest BCUT2D eigenvalue weighted by molar-refractivity contribution is 0.0469. The Kier molecular flexibility index (Phi) is 4.60. The van der Waals surface area contributed by atoms with E-state index in [9.17, 15) is 4.79 Å². The van der Waals surface area contributed by atoms with E-state index in [2.05, 4.69) is 37.0 Å². The van der Waals surface area contributed by atoms with Crippen molar-refractivity contribution < 1.29 is 9.53 Å². The monoisotopic (exact) mass is 289 g/mol. The highest BCUT2D eigenvalue weighted by molar-refractivity contribution is 5.68. The third-order valence-electron chi connectivity index (χ3n) is 4.23. The summed E-state index contributed by atoms with van der Waals surface area (Å²) in [6.07, 6.45) is 9.32. The summed E-state index contributed by atoms with van der Waals surface area (Å²) >= 11 is 0. The van der Waals surface area contributed by atoms with Crippen molar-refractivity contribution in [1.29, 1.82) is 0 Å². The molecular formula is C18H27NO2. The van der Waals surface area contributed by atoms with E-state index in [1.165, 1.54) is 12.0 Å². The smallest absolute Gasteiger partial charge is 0.407 e. The highest BCUT2D eigenvalue weighted by Crippen LogP contribution is 2.38. The number of ether oxygens (including phenoxy) is 1. The summed E-state index contributed by atoms with van der Waals surface area (Å²) in [5.41, 5.74) is 2.09. The molecule has 116 valence electrons. The van der Waals surface area contributed by atoms with Gasteiger partial charge < -0.3 is 10.1 Å². The number of alkyl carbamates (subject to hydrolysis) is 1. The van der Waals surface area contributed by atoms with E-state index in [1.54, 1.807) is 0 Å². The number of amides is 1. The molecule has 1 N–H and O–H groups in total. The molecule has 3 atom stereocenters. The zero-order valence-corrected chi connectivity index (χ0v) is 13.6. The molecule has 0 aromatic rings. The van der Waals surface area contributed by atoms with E-state index in [1.807, 2.05) is 20.8 Å². The van der Waals surface area contributed by atoms with Crippen molar-refractivity contribution in [2.45, 2.75) is 58.6 Å². The molecule has 2 aliphatic carbocycles. The van der Waals surface area contributed by atoms with Gasteiger partial charge in [-0.1, -0.05) is 30.4 Å².